The Morgan fingerprint density at radius 1 is 1.14 bits per heavy atom. The number of hydrogen-bond donors (Lipinski definition) is 2. The molecule has 0 spiro atoms. The van der Waals surface area contributed by atoms with E-state index in [4.69, 9.17) is 0 Å². The van der Waals surface area contributed by atoms with E-state index in [0.717, 1.165) is 16.4 Å². The average Bonchev–Trinajstić information content (AvgIpc) is 3.12. The smallest absolute Gasteiger partial charge is 0.275 e. The van der Waals surface area contributed by atoms with Crippen LogP contribution in [0.1, 0.15) is 25.7 Å². The molecule has 1 atom stereocenters. The Kier molecular flexibility index (Phi) is 4.65. The molecule has 1 amide bonds. The Labute approximate surface area is 161 Å². The summed E-state index contributed by atoms with van der Waals surface area (Å²) in [6.45, 7) is 3.88. The van der Waals surface area contributed by atoms with Crippen molar-refractivity contribution in [1.29, 1.82) is 0 Å². The first-order valence-corrected chi connectivity index (χ1v) is 9.22. The van der Waals surface area contributed by atoms with Gasteiger partial charge in [0.15, 0.2) is 0 Å². The van der Waals surface area contributed by atoms with Crippen LogP contribution in [0.2, 0.25) is 0 Å². The molecule has 2 aromatic heterocycles. The molecule has 0 aliphatic carbocycles. The third-order valence-corrected chi connectivity index (χ3v) is 4.74. The summed E-state index contributed by atoms with van der Waals surface area (Å²) in [5.74, 6) is 0.526. The lowest BCUT2D eigenvalue weighted by Crippen LogP contribution is -2.37. The zero-order chi connectivity index (χ0) is 19.7. The molecule has 0 aliphatic rings. The number of nitrogens with one attached hydrogen (secondary N) is 2. The van der Waals surface area contributed by atoms with E-state index in [2.05, 4.69) is 20.4 Å². The second-order valence-corrected chi connectivity index (χ2v) is 7.12. The van der Waals surface area contributed by atoms with Crippen molar-refractivity contribution in [2.24, 2.45) is 5.92 Å². The highest BCUT2D eigenvalue weighted by atomic mass is 16.2. The van der Waals surface area contributed by atoms with Crippen molar-refractivity contribution in [2.75, 3.05) is 0 Å². The number of aromatic amines is 1. The minimum atomic E-state index is -0.295. The van der Waals surface area contributed by atoms with Gasteiger partial charge in [-0.3, -0.25) is 9.59 Å². The van der Waals surface area contributed by atoms with E-state index in [-0.39, 0.29) is 30.0 Å². The minimum absolute atomic E-state index is 0.116. The number of rotatable bonds is 5. The molecule has 28 heavy (non-hydrogen) atoms. The highest BCUT2D eigenvalue weighted by molar-refractivity contribution is 5.81. The summed E-state index contributed by atoms with van der Waals surface area (Å²) >= 11 is 0. The van der Waals surface area contributed by atoms with E-state index in [9.17, 15) is 9.59 Å². The standard InChI is InChI=1S/C21H21N5O2/c1-13(2)19(20-23-16-9-5-6-10-17(16)24-20)25-18(27)12-26-21(28)15-8-4-3-7-14(15)11-22-26/h3-11,13,19H,12H2,1-2H3,(H,23,24)(H,25,27)/t19-/m0/s1. The number of nitrogens with zero attached hydrogens (tertiary/aromatic N) is 3. The number of H-pyrrole nitrogens is 1. The molecule has 2 heterocycles. The van der Waals surface area contributed by atoms with Crippen LogP contribution in [0, 0.1) is 5.92 Å². The maximum Gasteiger partial charge on any atom is 0.275 e. The highest BCUT2D eigenvalue weighted by Crippen LogP contribution is 2.22. The van der Waals surface area contributed by atoms with E-state index in [1.165, 1.54) is 4.68 Å². The molecule has 0 aliphatic heterocycles. The van der Waals surface area contributed by atoms with Gasteiger partial charge in [0.2, 0.25) is 5.91 Å². The fourth-order valence-corrected chi connectivity index (χ4v) is 3.27. The van der Waals surface area contributed by atoms with Crippen LogP contribution in [0.3, 0.4) is 0 Å². The number of carbonyl (C=O) groups is 1. The fraction of sp³-hybridized carbons (Fsp3) is 0.238. The lowest BCUT2D eigenvalue weighted by atomic mass is 10.0. The monoisotopic (exact) mass is 375 g/mol. The van der Waals surface area contributed by atoms with E-state index in [1.807, 2.05) is 50.2 Å². The Morgan fingerprint density at radius 3 is 2.68 bits per heavy atom. The Bertz CT molecular complexity index is 1180. The molecule has 4 aromatic rings. The van der Waals surface area contributed by atoms with Crippen LogP contribution in [0.4, 0.5) is 0 Å². The van der Waals surface area contributed by atoms with E-state index in [1.54, 1.807) is 18.3 Å². The Hall–Kier alpha value is -3.48. The molecule has 142 valence electrons. The molecular formula is C21H21N5O2. The molecule has 2 N–H and O–H groups in total. The van der Waals surface area contributed by atoms with Gasteiger partial charge in [-0.15, -0.1) is 0 Å². The summed E-state index contributed by atoms with van der Waals surface area (Å²) in [6.07, 6.45) is 1.60. The number of fused-ring (bicyclic) bond motifs is 2. The predicted octanol–water partition coefficient (Wildman–Crippen LogP) is 2.79. The van der Waals surface area contributed by atoms with Gasteiger partial charge in [-0.25, -0.2) is 9.67 Å². The topological polar surface area (TPSA) is 92.7 Å². The normalized spacial score (nSPS) is 12.5. The number of aromatic nitrogens is 4. The molecule has 0 radical (unpaired) electrons. The first-order valence-electron chi connectivity index (χ1n) is 9.22. The molecule has 0 saturated carbocycles. The van der Waals surface area contributed by atoms with Crippen LogP contribution in [-0.4, -0.2) is 25.7 Å². The number of imidazole rings is 1. The summed E-state index contributed by atoms with van der Waals surface area (Å²) in [4.78, 5) is 33.1. The zero-order valence-corrected chi connectivity index (χ0v) is 15.7. The Balaban J connectivity index is 1.57. The summed E-state index contributed by atoms with van der Waals surface area (Å²) in [7, 11) is 0. The summed E-state index contributed by atoms with van der Waals surface area (Å²) in [5, 5.41) is 8.41. The van der Waals surface area contributed by atoms with E-state index in [0.29, 0.717) is 11.2 Å². The largest absolute Gasteiger partial charge is 0.344 e. The second-order valence-electron chi connectivity index (χ2n) is 7.12. The minimum Gasteiger partial charge on any atom is -0.344 e. The predicted molar refractivity (Wildman–Crippen MR) is 108 cm³/mol. The van der Waals surface area contributed by atoms with Gasteiger partial charge in [0.05, 0.1) is 28.7 Å². The summed E-state index contributed by atoms with van der Waals surface area (Å²) in [5.41, 5.74) is 1.49. The van der Waals surface area contributed by atoms with Gasteiger partial charge in [-0.1, -0.05) is 44.2 Å². The number of benzene rings is 2. The first kappa shape index (κ1) is 17.9. The molecule has 4 rings (SSSR count). The average molecular weight is 375 g/mol. The molecule has 0 saturated heterocycles. The number of carbonyl (C=O) groups excluding carboxylic acids is 1. The van der Waals surface area contributed by atoms with Crippen molar-refractivity contribution in [3.63, 3.8) is 0 Å². The lowest BCUT2D eigenvalue weighted by molar-refractivity contribution is -0.123. The molecule has 7 nitrogen and oxygen atoms in total. The molecular weight excluding hydrogens is 354 g/mol. The van der Waals surface area contributed by atoms with Crippen molar-refractivity contribution in [3.05, 3.63) is 70.9 Å². The van der Waals surface area contributed by atoms with E-state index >= 15 is 0 Å². The first-order chi connectivity index (χ1) is 13.5. The van der Waals surface area contributed by atoms with Crippen LogP contribution in [-0.2, 0) is 11.3 Å². The van der Waals surface area contributed by atoms with E-state index < -0.39 is 0 Å². The lowest BCUT2D eigenvalue weighted by Gasteiger charge is -2.20. The number of hydrogen-bond acceptors (Lipinski definition) is 4. The third-order valence-electron chi connectivity index (χ3n) is 4.74. The molecule has 0 unspecified atom stereocenters. The second kappa shape index (κ2) is 7.26. The fourth-order valence-electron chi connectivity index (χ4n) is 3.27. The quantitative estimate of drug-likeness (QED) is 0.561. The van der Waals surface area contributed by atoms with Gasteiger partial charge in [0, 0.05) is 5.39 Å². The maximum absolute atomic E-state index is 12.7. The highest BCUT2D eigenvalue weighted by Gasteiger charge is 2.22. The van der Waals surface area contributed by atoms with Crippen molar-refractivity contribution in [3.8, 4) is 0 Å². The zero-order valence-electron chi connectivity index (χ0n) is 15.7. The third kappa shape index (κ3) is 3.38. The molecule has 7 heteroatoms. The van der Waals surface area contributed by atoms with Gasteiger partial charge in [-0.2, -0.15) is 5.10 Å². The van der Waals surface area contributed by atoms with Gasteiger partial charge in [-0.05, 0) is 24.1 Å². The summed E-state index contributed by atoms with van der Waals surface area (Å²) < 4.78 is 1.19. The van der Waals surface area contributed by atoms with Crippen LogP contribution in [0.15, 0.2) is 59.5 Å². The van der Waals surface area contributed by atoms with Gasteiger partial charge in [0.1, 0.15) is 12.4 Å². The van der Waals surface area contributed by atoms with Crippen molar-refractivity contribution < 1.29 is 4.79 Å². The molecule has 0 fully saturated rings. The van der Waals surface area contributed by atoms with Gasteiger partial charge < -0.3 is 10.3 Å². The number of para-hydroxylation sites is 2. The van der Waals surface area contributed by atoms with Crippen molar-refractivity contribution >= 4 is 27.7 Å². The van der Waals surface area contributed by atoms with Crippen LogP contribution < -0.4 is 10.9 Å². The molecule has 0 bridgehead atoms. The maximum atomic E-state index is 12.7. The number of amides is 1. The SMILES string of the molecule is CC(C)[C@H](NC(=O)Cn1ncc2ccccc2c1=O)c1nc2ccccc2[nH]1. The van der Waals surface area contributed by atoms with Crippen LogP contribution in [0.25, 0.3) is 21.8 Å². The van der Waals surface area contributed by atoms with Crippen LogP contribution in [0.5, 0.6) is 0 Å². The summed E-state index contributed by atoms with van der Waals surface area (Å²) in [6, 6.07) is 14.6. The Morgan fingerprint density at radius 2 is 1.89 bits per heavy atom. The van der Waals surface area contributed by atoms with Gasteiger partial charge >= 0.3 is 0 Å². The van der Waals surface area contributed by atoms with Gasteiger partial charge in [0.25, 0.3) is 5.56 Å². The molecule has 2 aromatic carbocycles. The van der Waals surface area contributed by atoms with Crippen molar-refractivity contribution in [2.45, 2.75) is 26.4 Å². The van der Waals surface area contributed by atoms with Crippen LogP contribution >= 0.6 is 0 Å². The van der Waals surface area contributed by atoms with Crippen molar-refractivity contribution in [1.82, 2.24) is 25.1 Å².